The lowest BCUT2D eigenvalue weighted by Gasteiger charge is -2.59. The summed E-state index contributed by atoms with van der Waals surface area (Å²) in [6, 6.07) is 9.45. The second-order valence-corrected chi connectivity index (χ2v) is 14.9. The lowest BCUT2D eigenvalue weighted by Crippen LogP contribution is -2.54. The van der Waals surface area contributed by atoms with E-state index in [0.29, 0.717) is 29.2 Å². The van der Waals surface area contributed by atoms with E-state index in [-0.39, 0.29) is 34.4 Å². The van der Waals surface area contributed by atoms with Crippen LogP contribution in [0.5, 0.6) is 0 Å². The molecule has 1 aromatic rings. The number of benzene rings is 1. The summed E-state index contributed by atoms with van der Waals surface area (Å²) in [5, 5.41) is 11.1. The normalized spacial score (nSPS) is 35.0. The molecule has 4 aliphatic rings. The lowest BCUT2D eigenvalue weighted by atomic mass is 9.46. The van der Waals surface area contributed by atoms with Gasteiger partial charge in [-0.25, -0.2) is 4.79 Å². The first-order valence-corrected chi connectivity index (χ1v) is 15.8. The van der Waals surface area contributed by atoms with Gasteiger partial charge in [0.05, 0.1) is 11.7 Å². The summed E-state index contributed by atoms with van der Waals surface area (Å²) in [4.78, 5) is 13.0. The van der Waals surface area contributed by atoms with Gasteiger partial charge in [-0.2, -0.15) is 0 Å². The van der Waals surface area contributed by atoms with Crippen LogP contribution < -0.4 is 0 Å². The van der Waals surface area contributed by atoms with Gasteiger partial charge in [-0.1, -0.05) is 78.3 Å². The number of carbonyl (C=O) groups excluding carboxylic acids is 1. The van der Waals surface area contributed by atoms with Crippen molar-refractivity contribution in [1.82, 2.24) is 0 Å². The van der Waals surface area contributed by atoms with Crippen LogP contribution in [0.2, 0.25) is 0 Å². The second-order valence-electron chi connectivity index (χ2n) is 14.9. The molecule has 1 saturated carbocycles. The molecule has 1 aromatic carbocycles. The number of carbonyl (C=O) groups is 1. The zero-order valence-electron chi connectivity index (χ0n) is 25.6. The standard InChI is InChI=1S/C36H52O3/c1-23(2)13-17-30(37)24(3)27-15-16-28-26-14-18-31-34(4,5)32(39-33(38)25-11-9-8-10-12-25)20-22-36(31,7)29(26)19-21-35(27,28)6/h8-12,16,23-24,27,30-32,37H,13-15,17-22H2,1-7H3/t24-,27+,30-,31-,32-,35+,36+/m0/s1. The fourth-order valence-corrected chi connectivity index (χ4v) is 9.52. The van der Waals surface area contributed by atoms with Gasteiger partial charge in [-0.05, 0) is 116 Å². The van der Waals surface area contributed by atoms with E-state index < -0.39 is 0 Å². The summed E-state index contributed by atoms with van der Waals surface area (Å²) >= 11 is 0. The average molecular weight is 533 g/mol. The number of aliphatic hydroxyl groups excluding tert-OH is 1. The summed E-state index contributed by atoms with van der Waals surface area (Å²) in [5.41, 5.74) is 5.90. The van der Waals surface area contributed by atoms with Crippen LogP contribution in [0.25, 0.3) is 0 Å². The van der Waals surface area contributed by atoms with Crippen LogP contribution in [0.1, 0.15) is 117 Å². The summed E-state index contributed by atoms with van der Waals surface area (Å²) in [6.45, 7) is 16.5. The number of allylic oxidation sites excluding steroid dienone is 4. The van der Waals surface area contributed by atoms with Crippen LogP contribution in [-0.4, -0.2) is 23.3 Å². The van der Waals surface area contributed by atoms with E-state index in [9.17, 15) is 9.90 Å². The molecule has 1 fully saturated rings. The maximum absolute atomic E-state index is 13.0. The van der Waals surface area contributed by atoms with Gasteiger partial charge in [0.1, 0.15) is 6.10 Å². The average Bonchev–Trinajstić information content (AvgIpc) is 3.26. The molecule has 0 unspecified atom stereocenters. The lowest BCUT2D eigenvalue weighted by molar-refractivity contribution is -0.0994. The first-order chi connectivity index (χ1) is 18.4. The number of hydrogen-bond donors (Lipinski definition) is 1. The Bertz CT molecular complexity index is 1130. The third kappa shape index (κ3) is 4.85. The molecule has 3 nitrogen and oxygen atoms in total. The van der Waals surface area contributed by atoms with Crippen LogP contribution in [0.4, 0.5) is 0 Å². The molecule has 214 valence electrons. The SMILES string of the molecule is CC(C)CC[C@H](O)[C@@H](C)[C@H]1CC=C2C3=C(CC[C@@]21C)[C@@]1(C)CC[C@H](OC(=O)c2ccccc2)C(C)(C)[C@@H]1CC3. The van der Waals surface area contributed by atoms with Gasteiger partial charge in [0.2, 0.25) is 0 Å². The van der Waals surface area contributed by atoms with Crippen LogP contribution in [0.15, 0.2) is 53.1 Å². The molecule has 0 aliphatic heterocycles. The minimum atomic E-state index is -0.208. The van der Waals surface area contributed by atoms with Crippen LogP contribution in [0, 0.1) is 39.9 Å². The Hall–Kier alpha value is -1.87. The molecule has 4 aliphatic carbocycles. The zero-order chi connectivity index (χ0) is 28.2. The summed E-state index contributed by atoms with van der Waals surface area (Å²) in [7, 11) is 0. The molecule has 3 heteroatoms. The molecular weight excluding hydrogens is 480 g/mol. The monoisotopic (exact) mass is 532 g/mol. The van der Waals surface area contributed by atoms with Crippen molar-refractivity contribution in [3.63, 3.8) is 0 Å². The topological polar surface area (TPSA) is 46.5 Å². The third-order valence-corrected chi connectivity index (χ3v) is 11.9. The molecule has 0 spiro atoms. The van der Waals surface area contributed by atoms with Gasteiger partial charge in [0.25, 0.3) is 0 Å². The number of esters is 1. The van der Waals surface area contributed by atoms with Crippen molar-refractivity contribution in [3.8, 4) is 0 Å². The minimum absolute atomic E-state index is 0.0532. The first kappa shape index (κ1) is 28.7. The molecule has 0 amide bonds. The number of rotatable bonds is 7. The molecular formula is C36H52O3. The largest absolute Gasteiger partial charge is 0.458 e. The Kier molecular flexibility index (Phi) is 7.72. The fraction of sp³-hybridized carbons (Fsp3) is 0.694. The maximum atomic E-state index is 13.0. The van der Waals surface area contributed by atoms with Gasteiger partial charge in [-0.15, -0.1) is 0 Å². The second kappa shape index (κ2) is 10.5. The van der Waals surface area contributed by atoms with Crippen molar-refractivity contribution < 1.29 is 14.6 Å². The summed E-state index contributed by atoms with van der Waals surface area (Å²) < 4.78 is 6.22. The first-order valence-electron chi connectivity index (χ1n) is 15.8. The highest BCUT2D eigenvalue weighted by Gasteiger charge is 2.58. The Labute approximate surface area is 237 Å². The molecule has 0 radical (unpaired) electrons. The number of aliphatic hydroxyl groups is 1. The third-order valence-electron chi connectivity index (χ3n) is 11.9. The highest BCUT2D eigenvalue weighted by Crippen LogP contribution is 2.67. The van der Waals surface area contributed by atoms with Crippen molar-refractivity contribution >= 4 is 5.97 Å². The van der Waals surface area contributed by atoms with Gasteiger partial charge in [-0.3, -0.25) is 0 Å². The molecule has 39 heavy (non-hydrogen) atoms. The zero-order valence-corrected chi connectivity index (χ0v) is 25.6. The smallest absolute Gasteiger partial charge is 0.338 e. The molecule has 7 atom stereocenters. The van der Waals surface area contributed by atoms with E-state index in [2.05, 4.69) is 54.5 Å². The predicted molar refractivity (Wildman–Crippen MR) is 159 cm³/mol. The van der Waals surface area contributed by atoms with Crippen molar-refractivity contribution in [2.75, 3.05) is 0 Å². The summed E-state index contributed by atoms with van der Waals surface area (Å²) in [6.07, 6.45) is 12.1. The van der Waals surface area contributed by atoms with Crippen molar-refractivity contribution in [2.24, 2.45) is 39.9 Å². The Morgan fingerprint density at radius 3 is 2.38 bits per heavy atom. The maximum Gasteiger partial charge on any atom is 0.338 e. The van der Waals surface area contributed by atoms with Gasteiger partial charge >= 0.3 is 5.97 Å². The molecule has 0 bridgehead atoms. The minimum Gasteiger partial charge on any atom is -0.458 e. The van der Waals surface area contributed by atoms with Crippen LogP contribution in [0.3, 0.4) is 0 Å². The highest BCUT2D eigenvalue weighted by molar-refractivity contribution is 5.89. The van der Waals surface area contributed by atoms with E-state index in [0.717, 1.165) is 44.9 Å². The Morgan fingerprint density at radius 1 is 0.974 bits per heavy atom. The van der Waals surface area contributed by atoms with E-state index in [4.69, 9.17) is 4.74 Å². The number of ether oxygens (including phenoxy) is 1. The van der Waals surface area contributed by atoms with E-state index in [1.165, 1.54) is 12.8 Å². The van der Waals surface area contributed by atoms with Crippen molar-refractivity contribution in [1.29, 1.82) is 0 Å². The predicted octanol–water partition coefficient (Wildman–Crippen LogP) is 8.92. The Morgan fingerprint density at radius 2 is 1.69 bits per heavy atom. The van der Waals surface area contributed by atoms with E-state index >= 15 is 0 Å². The van der Waals surface area contributed by atoms with Gasteiger partial charge < -0.3 is 9.84 Å². The molecule has 0 saturated heterocycles. The molecule has 1 N–H and O–H groups in total. The molecule has 0 aromatic heterocycles. The Balaban J connectivity index is 1.35. The highest BCUT2D eigenvalue weighted by atomic mass is 16.5. The van der Waals surface area contributed by atoms with Crippen LogP contribution in [-0.2, 0) is 4.74 Å². The van der Waals surface area contributed by atoms with Gasteiger partial charge in [0.15, 0.2) is 0 Å². The van der Waals surface area contributed by atoms with Crippen molar-refractivity contribution in [2.45, 2.75) is 118 Å². The van der Waals surface area contributed by atoms with E-state index in [1.54, 1.807) is 16.7 Å². The van der Waals surface area contributed by atoms with E-state index in [1.807, 2.05) is 30.3 Å². The number of fused-ring (bicyclic) bond motifs is 4. The van der Waals surface area contributed by atoms with Gasteiger partial charge in [0, 0.05) is 5.41 Å². The number of hydrogen-bond acceptors (Lipinski definition) is 3. The fourth-order valence-electron chi connectivity index (χ4n) is 9.52. The van der Waals surface area contributed by atoms with Crippen molar-refractivity contribution in [3.05, 3.63) is 58.7 Å². The molecule has 5 rings (SSSR count). The quantitative estimate of drug-likeness (QED) is 0.357. The van der Waals surface area contributed by atoms with Crippen LogP contribution >= 0.6 is 0 Å². The summed E-state index contributed by atoms with van der Waals surface area (Å²) in [5.74, 6) is 1.81. The molecule has 0 heterocycles.